The maximum Gasteiger partial charge on any atom is 0.295 e. The van der Waals surface area contributed by atoms with Crippen LogP contribution in [0.2, 0.25) is 0 Å². The summed E-state index contributed by atoms with van der Waals surface area (Å²) in [4.78, 5) is 12.1. The van der Waals surface area contributed by atoms with Gasteiger partial charge in [0, 0.05) is 9.13 Å². The number of hydrogen-bond acceptors (Lipinski definition) is 4. The van der Waals surface area contributed by atoms with Crippen molar-refractivity contribution in [2.24, 2.45) is 5.10 Å². The average molecular weight is 432 g/mol. The maximum atomic E-state index is 12.1. The number of benzene rings is 2. The summed E-state index contributed by atoms with van der Waals surface area (Å²) < 4.78 is 2.46. The van der Waals surface area contributed by atoms with Gasteiger partial charge in [0.2, 0.25) is 0 Å². The minimum atomic E-state index is -0.579. The standard InChI is InChI=1S/C17H13IN4O2/c18-14-9-5-4-6-12(14)10-19-20-17(24)16-15(23)11-22(21-16)13-7-2-1-3-8-13/h1-11,23H,(H,20,24)/b19-10+. The number of aromatic nitrogens is 2. The number of carbonyl (C=O) groups is 1. The Morgan fingerprint density at radius 3 is 2.62 bits per heavy atom. The molecule has 2 N–H and O–H groups in total. The third-order valence-corrected chi connectivity index (χ3v) is 4.19. The Morgan fingerprint density at radius 2 is 1.88 bits per heavy atom. The Morgan fingerprint density at radius 1 is 1.17 bits per heavy atom. The van der Waals surface area contributed by atoms with Gasteiger partial charge in [-0.25, -0.2) is 10.1 Å². The third-order valence-electron chi connectivity index (χ3n) is 3.21. The normalized spacial score (nSPS) is 10.9. The van der Waals surface area contributed by atoms with Crippen molar-refractivity contribution < 1.29 is 9.90 Å². The zero-order valence-corrected chi connectivity index (χ0v) is 14.6. The summed E-state index contributed by atoms with van der Waals surface area (Å²) >= 11 is 2.18. The topological polar surface area (TPSA) is 79.5 Å². The fraction of sp³-hybridized carbons (Fsp3) is 0. The van der Waals surface area contributed by atoms with E-state index in [9.17, 15) is 9.90 Å². The van der Waals surface area contributed by atoms with E-state index in [4.69, 9.17) is 0 Å². The molecule has 0 fully saturated rings. The van der Waals surface area contributed by atoms with E-state index in [1.807, 2.05) is 54.6 Å². The van der Waals surface area contributed by atoms with E-state index < -0.39 is 5.91 Å². The molecule has 0 radical (unpaired) electrons. The summed E-state index contributed by atoms with van der Waals surface area (Å²) in [6, 6.07) is 16.9. The number of hydrazone groups is 1. The highest BCUT2D eigenvalue weighted by atomic mass is 127. The van der Waals surface area contributed by atoms with Crippen molar-refractivity contribution in [1.29, 1.82) is 0 Å². The monoisotopic (exact) mass is 432 g/mol. The van der Waals surface area contributed by atoms with E-state index in [1.54, 1.807) is 6.21 Å². The molecule has 24 heavy (non-hydrogen) atoms. The van der Waals surface area contributed by atoms with Crippen LogP contribution in [0.4, 0.5) is 0 Å². The number of halogens is 1. The Hall–Kier alpha value is -2.68. The molecule has 1 amide bonds. The van der Waals surface area contributed by atoms with Gasteiger partial charge < -0.3 is 5.11 Å². The van der Waals surface area contributed by atoms with Crippen molar-refractivity contribution in [2.45, 2.75) is 0 Å². The van der Waals surface area contributed by atoms with Gasteiger partial charge >= 0.3 is 0 Å². The predicted molar refractivity (Wildman–Crippen MR) is 99.4 cm³/mol. The number of aromatic hydroxyl groups is 1. The summed E-state index contributed by atoms with van der Waals surface area (Å²) in [5.41, 5.74) is 3.92. The van der Waals surface area contributed by atoms with Gasteiger partial charge in [-0.2, -0.15) is 10.2 Å². The highest BCUT2D eigenvalue weighted by Crippen LogP contribution is 2.17. The maximum absolute atomic E-state index is 12.1. The Kier molecular flexibility index (Phi) is 4.90. The molecular formula is C17H13IN4O2. The van der Waals surface area contributed by atoms with Gasteiger partial charge in [-0.3, -0.25) is 4.79 Å². The molecule has 120 valence electrons. The van der Waals surface area contributed by atoms with Crippen LogP contribution < -0.4 is 5.43 Å². The van der Waals surface area contributed by atoms with E-state index in [-0.39, 0.29) is 11.4 Å². The highest BCUT2D eigenvalue weighted by Gasteiger charge is 2.16. The van der Waals surface area contributed by atoms with E-state index in [2.05, 4.69) is 38.2 Å². The SMILES string of the molecule is O=C(N/N=C/c1ccccc1I)c1nn(-c2ccccc2)cc1O. The lowest BCUT2D eigenvalue weighted by atomic mass is 10.2. The number of para-hydroxylation sites is 1. The van der Waals surface area contributed by atoms with E-state index >= 15 is 0 Å². The molecule has 0 unspecified atom stereocenters. The van der Waals surface area contributed by atoms with Crippen LogP contribution in [-0.2, 0) is 0 Å². The van der Waals surface area contributed by atoms with Crippen molar-refractivity contribution in [3.63, 3.8) is 0 Å². The van der Waals surface area contributed by atoms with Crippen LogP contribution in [0.15, 0.2) is 65.9 Å². The molecule has 7 heteroatoms. The van der Waals surface area contributed by atoms with Gasteiger partial charge in [0.15, 0.2) is 11.4 Å². The molecule has 0 saturated carbocycles. The van der Waals surface area contributed by atoms with Crippen LogP contribution >= 0.6 is 22.6 Å². The number of carbonyl (C=O) groups excluding carboxylic acids is 1. The van der Waals surface area contributed by atoms with Crippen LogP contribution in [0.1, 0.15) is 16.1 Å². The zero-order chi connectivity index (χ0) is 16.9. The fourth-order valence-corrected chi connectivity index (χ4v) is 2.56. The lowest BCUT2D eigenvalue weighted by Crippen LogP contribution is -2.18. The van der Waals surface area contributed by atoms with Crippen molar-refractivity contribution in [1.82, 2.24) is 15.2 Å². The number of rotatable bonds is 4. The molecule has 6 nitrogen and oxygen atoms in total. The first kappa shape index (κ1) is 16.2. The molecule has 3 rings (SSSR count). The van der Waals surface area contributed by atoms with Gasteiger partial charge in [-0.15, -0.1) is 0 Å². The minimum Gasteiger partial charge on any atom is -0.504 e. The molecule has 0 aliphatic heterocycles. The smallest absolute Gasteiger partial charge is 0.295 e. The van der Waals surface area contributed by atoms with E-state index in [1.165, 1.54) is 10.9 Å². The molecule has 3 aromatic rings. The molecule has 1 aromatic heterocycles. The first-order valence-corrected chi connectivity index (χ1v) is 8.15. The van der Waals surface area contributed by atoms with Crippen molar-refractivity contribution in [3.8, 4) is 11.4 Å². The zero-order valence-electron chi connectivity index (χ0n) is 12.4. The first-order valence-electron chi connectivity index (χ1n) is 7.07. The van der Waals surface area contributed by atoms with Crippen LogP contribution in [0.3, 0.4) is 0 Å². The second-order valence-corrected chi connectivity index (χ2v) is 6.03. The second kappa shape index (κ2) is 7.26. The van der Waals surface area contributed by atoms with Crippen LogP contribution in [0.25, 0.3) is 5.69 Å². The Labute approximate surface area is 152 Å². The van der Waals surface area contributed by atoms with Crippen molar-refractivity contribution in [3.05, 3.63) is 75.6 Å². The van der Waals surface area contributed by atoms with Crippen LogP contribution in [0, 0.1) is 3.57 Å². The molecular weight excluding hydrogens is 419 g/mol. The van der Waals surface area contributed by atoms with Crippen LogP contribution in [0.5, 0.6) is 5.75 Å². The summed E-state index contributed by atoms with van der Waals surface area (Å²) in [5, 5.41) is 17.9. The van der Waals surface area contributed by atoms with E-state index in [0.717, 1.165) is 14.8 Å². The van der Waals surface area contributed by atoms with Crippen LogP contribution in [-0.4, -0.2) is 27.0 Å². The van der Waals surface area contributed by atoms with Crippen molar-refractivity contribution in [2.75, 3.05) is 0 Å². The largest absolute Gasteiger partial charge is 0.504 e. The molecule has 0 atom stereocenters. The Bertz CT molecular complexity index is 891. The summed E-state index contributed by atoms with van der Waals surface area (Å²) in [6.45, 7) is 0. The lowest BCUT2D eigenvalue weighted by Gasteiger charge is -1.99. The summed E-state index contributed by atoms with van der Waals surface area (Å²) in [6.07, 6.45) is 2.93. The summed E-state index contributed by atoms with van der Waals surface area (Å²) in [5.74, 6) is -0.787. The highest BCUT2D eigenvalue weighted by molar-refractivity contribution is 14.1. The molecule has 0 bridgehead atoms. The molecule has 0 spiro atoms. The van der Waals surface area contributed by atoms with E-state index in [0.29, 0.717) is 0 Å². The minimum absolute atomic E-state index is 0.0845. The number of hydrogen-bond donors (Lipinski definition) is 2. The first-order chi connectivity index (χ1) is 11.6. The average Bonchev–Trinajstić information content (AvgIpc) is 2.99. The second-order valence-electron chi connectivity index (χ2n) is 4.86. The Balaban J connectivity index is 1.74. The number of amides is 1. The number of nitrogens with zero attached hydrogens (tertiary/aromatic N) is 3. The van der Waals surface area contributed by atoms with Gasteiger partial charge in [0.1, 0.15) is 0 Å². The molecule has 0 aliphatic rings. The lowest BCUT2D eigenvalue weighted by molar-refractivity contribution is 0.0947. The molecule has 0 saturated heterocycles. The molecule has 2 aromatic carbocycles. The van der Waals surface area contributed by atoms with Crippen molar-refractivity contribution >= 4 is 34.7 Å². The van der Waals surface area contributed by atoms with Gasteiger partial charge in [0.05, 0.1) is 18.1 Å². The molecule has 1 heterocycles. The summed E-state index contributed by atoms with van der Waals surface area (Å²) in [7, 11) is 0. The predicted octanol–water partition coefficient (Wildman–Crippen LogP) is 2.95. The van der Waals surface area contributed by atoms with Gasteiger partial charge in [-0.05, 0) is 40.8 Å². The quantitative estimate of drug-likeness (QED) is 0.378. The van der Waals surface area contributed by atoms with Gasteiger partial charge in [0.25, 0.3) is 5.91 Å². The fourth-order valence-electron chi connectivity index (χ4n) is 2.03. The van der Waals surface area contributed by atoms with Gasteiger partial charge in [-0.1, -0.05) is 36.4 Å². The third kappa shape index (κ3) is 3.62. The number of nitrogens with one attached hydrogen (secondary N) is 1. The molecule has 0 aliphatic carbocycles.